The van der Waals surface area contributed by atoms with Gasteiger partial charge in [-0.2, -0.15) is 0 Å². The third-order valence-corrected chi connectivity index (χ3v) is 5.43. The van der Waals surface area contributed by atoms with Crippen molar-refractivity contribution < 1.29 is 23.5 Å². The van der Waals surface area contributed by atoms with Gasteiger partial charge < -0.3 is 19.4 Å². The smallest absolute Gasteiger partial charge is 0.309 e. The molecular formula is C23H28N2O5. The monoisotopic (exact) mass is 412 g/mol. The number of nitrogens with zero attached hydrogens (tertiary/aromatic N) is 1. The second-order valence-corrected chi connectivity index (χ2v) is 7.89. The summed E-state index contributed by atoms with van der Waals surface area (Å²) in [4.78, 5) is 39.1. The van der Waals surface area contributed by atoms with Crippen LogP contribution in [0.5, 0.6) is 0 Å². The molecular weight excluding hydrogens is 384 g/mol. The van der Waals surface area contributed by atoms with Crippen LogP contribution in [0.1, 0.15) is 47.0 Å². The average molecular weight is 412 g/mol. The lowest BCUT2D eigenvalue weighted by Gasteiger charge is -2.30. The highest BCUT2D eigenvalue weighted by atomic mass is 16.5. The van der Waals surface area contributed by atoms with Crippen molar-refractivity contribution in [3.8, 4) is 0 Å². The lowest BCUT2D eigenvalue weighted by Crippen LogP contribution is -2.41. The molecule has 0 radical (unpaired) electrons. The molecule has 1 aliphatic heterocycles. The molecule has 2 aromatic rings. The number of carbonyl (C=O) groups excluding carboxylic acids is 3. The van der Waals surface area contributed by atoms with Gasteiger partial charge in [0.15, 0.2) is 11.9 Å². The summed E-state index contributed by atoms with van der Waals surface area (Å²) in [6.07, 6.45) is 1.55. The maximum atomic E-state index is 12.5. The Kier molecular flexibility index (Phi) is 6.59. The molecule has 7 nitrogen and oxygen atoms in total. The number of hydrogen-bond donors (Lipinski definition) is 1. The second kappa shape index (κ2) is 9.15. The number of piperidine rings is 1. The summed E-state index contributed by atoms with van der Waals surface area (Å²) in [6, 6.07) is 7.29. The molecule has 7 heteroatoms. The van der Waals surface area contributed by atoms with Gasteiger partial charge in [-0.1, -0.05) is 17.7 Å². The van der Waals surface area contributed by atoms with Gasteiger partial charge in [-0.25, -0.2) is 0 Å². The summed E-state index contributed by atoms with van der Waals surface area (Å²) in [6.45, 7) is 8.34. The molecule has 1 atom stereocenters. The molecule has 1 aliphatic rings. The number of amides is 2. The highest BCUT2D eigenvalue weighted by Crippen LogP contribution is 2.24. The fourth-order valence-electron chi connectivity index (χ4n) is 3.80. The number of anilines is 1. The van der Waals surface area contributed by atoms with Gasteiger partial charge in [-0.15, -0.1) is 0 Å². The van der Waals surface area contributed by atoms with E-state index >= 15 is 0 Å². The van der Waals surface area contributed by atoms with Crippen LogP contribution in [-0.2, 0) is 14.3 Å². The summed E-state index contributed by atoms with van der Waals surface area (Å²) in [5, 5.41) is 2.87. The summed E-state index contributed by atoms with van der Waals surface area (Å²) in [7, 11) is 0. The third kappa shape index (κ3) is 4.90. The SMILES string of the molecule is Cc1cc(C)c(NC(=O)C(C)OC(=O)C2CCN(C(=O)c3ccco3)CC2)c(C)c1. The number of nitrogens with one attached hydrogen (secondary N) is 1. The number of hydrogen-bond acceptors (Lipinski definition) is 5. The Labute approximate surface area is 176 Å². The van der Waals surface area contributed by atoms with Crippen LogP contribution in [0.3, 0.4) is 0 Å². The molecule has 1 unspecified atom stereocenters. The van der Waals surface area contributed by atoms with Crippen molar-refractivity contribution in [1.29, 1.82) is 0 Å². The van der Waals surface area contributed by atoms with Crippen LogP contribution in [0, 0.1) is 26.7 Å². The molecule has 0 spiro atoms. The number of benzene rings is 1. The van der Waals surface area contributed by atoms with Gasteiger partial charge in [0.1, 0.15) is 0 Å². The quantitative estimate of drug-likeness (QED) is 0.758. The topological polar surface area (TPSA) is 88.9 Å². The first-order valence-corrected chi connectivity index (χ1v) is 10.2. The zero-order valence-corrected chi connectivity index (χ0v) is 17.9. The normalized spacial score (nSPS) is 15.5. The Hall–Kier alpha value is -3.09. The van der Waals surface area contributed by atoms with Crippen LogP contribution in [0.2, 0.25) is 0 Å². The molecule has 1 N–H and O–H groups in total. The zero-order chi connectivity index (χ0) is 21.8. The number of esters is 1. The number of ether oxygens (including phenoxy) is 1. The van der Waals surface area contributed by atoms with E-state index in [1.807, 2.05) is 32.9 Å². The highest BCUT2D eigenvalue weighted by Gasteiger charge is 2.31. The Bertz CT molecular complexity index is 904. The van der Waals surface area contributed by atoms with Crippen LogP contribution in [-0.4, -0.2) is 41.9 Å². The van der Waals surface area contributed by atoms with Gasteiger partial charge in [0, 0.05) is 18.8 Å². The van der Waals surface area contributed by atoms with E-state index in [1.165, 1.54) is 6.26 Å². The molecule has 2 heterocycles. The van der Waals surface area contributed by atoms with E-state index in [9.17, 15) is 14.4 Å². The predicted molar refractivity (Wildman–Crippen MR) is 112 cm³/mol. The van der Waals surface area contributed by atoms with Gasteiger partial charge in [0.25, 0.3) is 11.8 Å². The fourth-order valence-corrected chi connectivity index (χ4v) is 3.80. The highest BCUT2D eigenvalue weighted by molar-refractivity contribution is 5.96. The molecule has 2 amide bonds. The lowest BCUT2D eigenvalue weighted by atomic mass is 9.97. The standard InChI is InChI=1S/C23H28N2O5/c1-14-12-15(2)20(16(3)13-14)24-21(26)17(4)30-23(28)18-7-9-25(10-8-18)22(27)19-6-5-11-29-19/h5-6,11-13,17-18H,7-10H2,1-4H3,(H,24,26). The molecule has 0 bridgehead atoms. The van der Waals surface area contributed by atoms with Crippen molar-refractivity contribution >= 4 is 23.5 Å². The number of carbonyl (C=O) groups is 3. The molecule has 1 saturated heterocycles. The molecule has 3 rings (SSSR count). The number of aryl methyl sites for hydroxylation is 3. The number of likely N-dealkylation sites (tertiary alicyclic amines) is 1. The molecule has 0 aliphatic carbocycles. The molecule has 30 heavy (non-hydrogen) atoms. The van der Waals surface area contributed by atoms with E-state index in [1.54, 1.807) is 24.0 Å². The minimum absolute atomic E-state index is 0.177. The summed E-state index contributed by atoms with van der Waals surface area (Å²) in [5.41, 5.74) is 3.80. The van der Waals surface area contributed by atoms with E-state index in [0.29, 0.717) is 31.7 Å². The van der Waals surface area contributed by atoms with Crippen LogP contribution in [0.4, 0.5) is 5.69 Å². The first kappa shape index (κ1) is 21.6. The van der Waals surface area contributed by atoms with Crippen LogP contribution in [0.15, 0.2) is 34.9 Å². The minimum Gasteiger partial charge on any atom is -0.459 e. The van der Waals surface area contributed by atoms with Gasteiger partial charge in [-0.05, 0) is 63.8 Å². The van der Waals surface area contributed by atoms with Gasteiger partial charge in [0.2, 0.25) is 0 Å². The first-order chi connectivity index (χ1) is 14.3. The molecule has 1 aromatic heterocycles. The molecule has 160 valence electrons. The van der Waals surface area contributed by atoms with Gasteiger partial charge >= 0.3 is 5.97 Å². The van der Waals surface area contributed by atoms with Crippen molar-refractivity contribution in [3.63, 3.8) is 0 Å². The van der Waals surface area contributed by atoms with Crippen molar-refractivity contribution in [3.05, 3.63) is 53.0 Å². The van der Waals surface area contributed by atoms with Crippen LogP contribution in [0.25, 0.3) is 0 Å². The number of furan rings is 1. The maximum Gasteiger partial charge on any atom is 0.309 e. The van der Waals surface area contributed by atoms with E-state index < -0.39 is 12.1 Å². The van der Waals surface area contributed by atoms with Crippen molar-refractivity contribution in [2.24, 2.45) is 5.92 Å². The second-order valence-electron chi connectivity index (χ2n) is 7.89. The van der Waals surface area contributed by atoms with Crippen molar-refractivity contribution in [1.82, 2.24) is 4.90 Å². The largest absolute Gasteiger partial charge is 0.459 e. The predicted octanol–water partition coefficient (Wildman–Crippen LogP) is 3.63. The van der Waals surface area contributed by atoms with E-state index in [4.69, 9.17) is 9.15 Å². The van der Waals surface area contributed by atoms with Crippen LogP contribution < -0.4 is 5.32 Å². The first-order valence-electron chi connectivity index (χ1n) is 10.2. The van der Waals surface area contributed by atoms with E-state index in [0.717, 1.165) is 22.4 Å². The molecule has 0 saturated carbocycles. The Balaban J connectivity index is 1.51. The molecule has 1 aromatic carbocycles. The maximum absolute atomic E-state index is 12.5. The average Bonchev–Trinajstić information content (AvgIpc) is 3.24. The Morgan fingerprint density at radius 2 is 1.77 bits per heavy atom. The summed E-state index contributed by atoms with van der Waals surface area (Å²) in [5.74, 6) is -0.973. The summed E-state index contributed by atoms with van der Waals surface area (Å²) < 4.78 is 10.6. The van der Waals surface area contributed by atoms with Gasteiger partial charge in [0.05, 0.1) is 12.2 Å². The zero-order valence-electron chi connectivity index (χ0n) is 17.9. The molecule has 1 fully saturated rings. The minimum atomic E-state index is -0.902. The van der Waals surface area contributed by atoms with Crippen LogP contribution >= 0.6 is 0 Å². The number of rotatable bonds is 5. The third-order valence-electron chi connectivity index (χ3n) is 5.43. The van der Waals surface area contributed by atoms with Gasteiger partial charge in [-0.3, -0.25) is 14.4 Å². The van der Waals surface area contributed by atoms with E-state index in [2.05, 4.69) is 5.32 Å². The van der Waals surface area contributed by atoms with Crippen molar-refractivity contribution in [2.45, 2.75) is 46.6 Å². The lowest BCUT2D eigenvalue weighted by molar-refractivity contribution is -0.158. The summed E-state index contributed by atoms with van der Waals surface area (Å²) >= 11 is 0. The Morgan fingerprint density at radius 1 is 1.13 bits per heavy atom. The van der Waals surface area contributed by atoms with Crippen molar-refractivity contribution in [2.75, 3.05) is 18.4 Å². The van der Waals surface area contributed by atoms with E-state index in [-0.39, 0.29) is 17.7 Å². The fraction of sp³-hybridized carbons (Fsp3) is 0.435. The Morgan fingerprint density at radius 3 is 2.33 bits per heavy atom.